The number of ether oxygens (including phenoxy) is 1. The molecule has 10 nitrogen and oxygen atoms in total. The Hall–Kier alpha value is -2.63. The molecule has 32 heavy (non-hydrogen) atoms. The quantitative estimate of drug-likeness (QED) is 0.614. The number of carbonyl (C=O) groups excluding carboxylic acids is 1. The van der Waals surface area contributed by atoms with Crippen molar-refractivity contribution in [2.24, 2.45) is 0 Å². The molecule has 3 fully saturated rings. The molecule has 2 aromatic rings. The molecule has 3 N–H and O–H groups in total. The van der Waals surface area contributed by atoms with Crippen LogP contribution in [0.15, 0.2) is 33.7 Å². The summed E-state index contributed by atoms with van der Waals surface area (Å²) in [6, 6.07) is 5.81. The Morgan fingerprint density at radius 2 is 1.91 bits per heavy atom. The number of anilines is 1. The Morgan fingerprint density at radius 1 is 1.16 bits per heavy atom. The van der Waals surface area contributed by atoms with Gasteiger partial charge >= 0.3 is 0 Å². The zero-order valence-electron chi connectivity index (χ0n) is 17.2. The molecule has 1 aromatic carbocycles. The highest BCUT2D eigenvalue weighted by molar-refractivity contribution is 7.89. The van der Waals surface area contributed by atoms with Crippen molar-refractivity contribution in [3.63, 3.8) is 0 Å². The lowest BCUT2D eigenvalue weighted by molar-refractivity contribution is 0.0210. The number of fused-ring (bicyclic) bond motifs is 3. The second-order valence-electron chi connectivity index (χ2n) is 9.02. The van der Waals surface area contributed by atoms with E-state index in [0.29, 0.717) is 30.2 Å². The van der Waals surface area contributed by atoms with E-state index in [9.17, 15) is 18.3 Å². The smallest absolute Gasteiger partial charge is 0.279 e. The highest BCUT2D eigenvalue weighted by atomic mass is 32.2. The molecule has 4 atom stereocenters. The van der Waals surface area contributed by atoms with Gasteiger partial charge in [0.25, 0.3) is 12.3 Å². The van der Waals surface area contributed by atoms with Crippen LogP contribution in [-0.4, -0.2) is 53.4 Å². The average molecular weight is 461 g/mol. The van der Waals surface area contributed by atoms with E-state index in [2.05, 4.69) is 15.8 Å². The summed E-state index contributed by atoms with van der Waals surface area (Å²) in [7, 11) is -3.74. The van der Waals surface area contributed by atoms with Crippen LogP contribution in [0, 0.1) is 0 Å². The van der Waals surface area contributed by atoms with Gasteiger partial charge in [-0.3, -0.25) is 4.79 Å². The Bertz CT molecular complexity index is 1160. The molecule has 0 spiro atoms. The number of rotatable bonds is 5. The second kappa shape index (κ2) is 7.19. The van der Waals surface area contributed by atoms with E-state index < -0.39 is 16.4 Å². The third-order valence-corrected chi connectivity index (χ3v) is 8.79. The third kappa shape index (κ3) is 3.35. The lowest BCUT2D eigenvalue weighted by atomic mass is 9.99. The van der Waals surface area contributed by atoms with Crippen LogP contribution < -0.4 is 15.4 Å². The Balaban J connectivity index is 1.16. The number of piperidine rings is 1. The van der Waals surface area contributed by atoms with Gasteiger partial charge in [-0.15, -0.1) is 0 Å². The maximum Gasteiger partial charge on any atom is 0.279 e. The molecule has 6 rings (SSSR count). The molecule has 1 aromatic heterocycles. The van der Waals surface area contributed by atoms with Gasteiger partial charge in [0, 0.05) is 36.2 Å². The summed E-state index contributed by atoms with van der Waals surface area (Å²) in [5.74, 6) is 1.18. The van der Waals surface area contributed by atoms with Gasteiger partial charge < -0.3 is 25.0 Å². The summed E-state index contributed by atoms with van der Waals surface area (Å²) in [5.41, 5.74) is 0.835. The van der Waals surface area contributed by atoms with Gasteiger partial charge in [-0.05, 0) is 50.7 Å². The second-order valence-corrected chi connectivity index (χ2v) is 10.9. The third-order valence-electron chi connectivity index (χ3n) is 6.79. The molecule has 4 aliphatic rings. The van der Waals surface area contributed by atoms with Crippen molar-refractivity contribution in [2.75, 3.05) is 5.32 Å². The average Bonchev–Trinajstić information content (AvgIpc) is 3.23. The van der Waals surface area contributed by atoms with Gasteiger partial charge in [-0.1, -0.05) is 5.16 Å². The van der Waals surface area contributed by atoms with Crippen LogP contribution in [0.25, 0.3) is 0 Å². The van der Waals surface area contributed by atoms with Crippen LogP contribution in [0.5, 0.6) is 5.75 Å². The first-order valence-corrected chi connectivity index (χ1v) is 12.4. The molecule has 170 valence electrons. The Labute approximate surface area is 184 Å². The lowest BCUT2D eigenvalue weighted by Gasteiger charge is -2.38. The fraction of sp³-hybridized carbons (Fsp3) is 0.524. The van der Waals surface area contributed by atoms with Gasteiger partial charge in [0.15, 0.2) is 5.69 Å². The number of hydrogen-bond donors (Lipinski definition) is 3. The van der Waals surface area contributed by atoms with Gasteiger partial charge in [0.1, 0.15) is 11.5 Å². The van der Waals surface area contributed by atoms with E-state index in [1.807, 2.05) is 0 Å². The van der Waals surface area contributed by atoms with Crippen molar-refractivity contribution in [1.29, 1.82) is 0 Å². The fourth-order valence-corrected chi connectivity index (χ4v) is 7.05. The number of hydrogen-bond acceptors (Lipinski definition) is 8. The van der Waals surface area contributed by atoms with Gasteiger partial charge in [0.2, 0.25) is 10.0 Å². The summed E-state index contributed by atoms with van der Waals surface area (Å²) < 4.78 is 39.0. The highest BCUT2D eigenvalue weighted by Crippen LogP contribution is 2.42. The van der Waals surface area contributed by atoms with Gasteiger partial charge in [-0.25, -0.2) is 8.42 Å². The van der Waals surface area contributed by atoms with Crippen LogP contribution in [-0.2, 0) is 10.0 Å². The Morgan fingerprint density at radius 3 is 2.62 bits per heavy atom. The maximum atomic E-state index is 13.4. The van der Waals surface area contributed by atoms with E-state index in [-0.39, 0.29) is 34.6 Å². The number of benzene rings is 1. The first-order chi connectivity index (χ1) is 15.4. The molecule has 3 aliphatic heterocycles. The number of aromatic nitrogens is 1. The van der Waals surface area contributed by atoms with Crippen molar-refractivity contribution in [3.05, 3.63) is 35.7 Å². The minimum absolute atomic E-state index is 0.116. The summed E-state index contributed by atoms with van der Waals surface area (Å²) in [4.78, 5) is 12.8. The summed E-state index contributed by atoms with van der Waals surface area (Å²) in [6.45, 7) is 0. The molecular formula is C21H24N4O6S. The molecule has 2 saturated heterocycles. The monoisotopic (exact) mass is 460 g/mol. The standard InChI is InChI=1S/C21H24N4O6S/c26-20(17-10-18(31-24-17)11-1-2-11)22-12-7-13-3-4-14(8-12)25(13)32(28,29)15-5-6-16-19(9-15)30-21(27)23-16/h5-6,9-14,21,23,27H,1-4,7-8H2,(H,22,26)/t12?,13-,14+,21?. The van der Waals surface area contributed by atoms with Crippen LogP contribution in [0.3, 0.4) is 0 Å². The molecule has 1 amide bonds. The summed E-state index contributed by atoms with van der Waals surface area (Å²) in [5, 5.41) is 19.2. The topological polar surface area (TPSA) is 134 Å². The van der Waals surface area contributed by atoms with Crippen LogP contribution in [0.2, 0.25) is 0 Å². The van der Waals surface area contributed by atoms with Gasteiger partial charge in [0.05, 0.1) is 10.6 Å². The molecule has 0 radical (unpaired) electrons. The molecule has 11 heteroatoms. The van der Waals surface area contributed by atoms with Crippen molar-refractivity contribution in [2.45, 2.75) is 73.9 Å². The molecule has 2 unspecified atom stereocenters. The van der Waals surface area contributed by atoms with E-state index in [4.69, 9.17) is 9.26 Å². The van der Waals surface area contributed by atoms with Crippen molar-refractivity contribution in [3.8, 4) is 5.75 Å². The summed E-state index contributed by atoms with van der Waals surface area (Å²) >= 11 is 0. The van der Waals surface area contributed by atoms with E-state index in [1.54, 1.807) is 16.4 Å². The van der Waals surface area contributed by atoms with Gasteiger partial charge in [-0.2, -0.15) is 4.31 Å². The van der Waals surface area contributed by atoms with Crippen LogP contribution in [0.4, 0.5) is 5.69 Å². The van der Waals surface area contributed by atoms with Crippen molar-refractivity contribution >= 4 is 21.6 Å². The van der Waals surface area contributed by atoms with E-state index in [0.717, 1.165) is 31.4 Å². The summed E-state index contributed by atoms with van der Waals surface area (Å²) in [6.07, 6.45) is 3.58. The lowest BCUT2D eigenvalue weighted by Crippen LogP contribution is -2.52. The number of aliphatic hydroxyl groups excluding tert-OH is 1. The van der Waals surface area contributed by atoms with E-state index in [1.165, 1.54) is 12.1 Å². The molecule has 2 bridgehead atoms. The fourth-order valence-electron chi connectivity index (χ4n) is 5.14. The number of sulfonamides is 1. The van der Waals surface area contributed by atoms with Crippen LogP contribution in [0.1, 0.15) is 60.7 Å². The zero-order valence-corrected chi connectivity index (χ0v) is 18.0. The maximum absolute atomic E-state index is 13.4. The first kappa shape index (κ1) is 20.0. The van der Waals surface area contributed by atoms with Crippen molar-refractivity contribution < 1.29 is 27.6 Å². The van der Waals surface area contributed by atoms with Crippen LogP contribution >= 0.6 is 0 Å². The first-order valence-electron chi connectivity index (χ1n) is 10.9. The normalized spacial score (nSPS) is 29.3. The zero-order chi connectivity index (χ0) is 22.0. The number of carbonyl (C=O) groups is 1. The molecule has 4 heterocycles. The minimum atomic E-state index is -3.74. The SMILES string of the molecule is O=C(NC1C[C@H]2CC[C@@H](C1)N2S(=O)(=O)c1ccc2c(c1)OC(O)N2)c1cc(C2CC2)on1. The number of nitrogens with zero attached hydrogens (tertiary/aromatic N) is 2. The predicted octanol–water partition coefficient (Wildman–Crippen LogP) is 1.75. The van der Waals surface area contributed by atoms with Crippen molar-refractivity contribution in [1.82, 2.24) is 14.8 Å². The van der Waals surface area contributed by atoms with E-state index >= 15 is 0 Å². The number of amides is 1. The minimum Gasteiger partial charge on any atom is -0.445 e. The predicted molar refractivity (Wildman–Crippen MR) is 112 cm³/mol. The molecule has 1 aliphatic carbocycles. The highest BCUT2D eigenvalue weighted by Gasteiger charge is 2.48. The molecule has 1 saturated carbocycles. The Kier molecular flexibility index (Phi) is 4.50. The number of nitrogens with one attached hydrogen (secondary N) is 2. The molecular weight excluding hydrogens is 436 g/mol. The number of aliphatic hydroxyl groups is 1. The largest absolute Gasteiger partial charge is 0.445 e.